The topological polar surface area (TPSA) is 73.4 Å². The van der Waals surface area contributed by atoms with Crippen LogP contribution < -0.4 is 15.5 Å². The fourth-order valence-corrected chi connectivity index (χ4v) is 4.40. The van der Waals surface area contributed by atoms with Gasteiger partial charge >= 0.3 is 0 Å². The lowest BCUT2D eigenvalue weighted by atomic mass is 10.1. The zero-order valence-electron chi connectivity index (χ0n) is 20.7. The van der Waals surface area contributed by atoms with Crippen LogP contribution in [-0.2, 0) is 11.3 Å². The molecule has 0 bridgehead atoms. The lowest BCUT2D eigenvalue weighted by Crippen LogP contribution is -2.45. The Morgan fingerprint density at radius 3 is 2.22 bits per heavy atom. The van der Waals surface area contributed by atoms with Gasteiger partial charge in [-0.15, -0.1) is 0 Å². The number of rotatable bonds is 7. The summed E-state index contributed by atoms with van der Waals surface area (Å²) < 4.78 is 13.1. The van der Waals surface area contributed by atoms with Crippen molar-refractivity contribution in [1.29, 1.82) is 0 Å². The van der Waals surface area contributed by atoms with Gasteiger partial charge in [0.05, 0.1) is 5.69 Å². The minimum absolute atomic E-state index is 0.101. The number of hydrogen-bond acceptors (Lipinski definition) is 6. The van der Waals surface area contributed by atoms with Crippen LogP contribution in [0, 0.1) is 5.82 Å². The van der Waals surface area contributed by atoms with Gasteiger partial charge in [-0.25, -0.2) is 14.4 Å². The maximum absolute atomic E-state index is 13.1. The molecule has 2 N–H and O–H groups in total. The van der Waals surface area contributed by atoms with Gasteiger partial charge < -0.3 is 15.5 Å². The molecule has 1 aliphatic rings. The number of nitrogens with one attached hydrogen (secondary N) is 2. The molecule has 0 spiro atoms. The van der Waals surface area contributed by atoms with Crippen molar-refractivity contribution in [2.24, 2.45) is 0 Å². The number of piperazine rings is 1. The minimum atomic E-state index is -0.194. The molecule has 1 aliphatic heterocycles. The van der Waals surface area contributed by atoms with E-state index in [2.05, 4.69) is 42.5 Å². The van der Waals surface area contributed by atoms with Crippen LogP contribution >= 0.6 is 0 Å². The van der Waals surface area contributed by atoms with Crippen LogP contribution in [0.1, 0.15) is 12.5 Å². The molecule has 1 saturated heterocycles. The number of carbonyl (C=O) groups excluding carboxylic acids is 1. The summed E-state index contributed by atoms with van der Waals surface area (Å²) >= 11 is 0. The molecular formula is C29H29FN6O. The van der Waals surface area contributed by atoms with E-state index in [9.17, 15) is 9.18 Å². The molecule has 0 atom stereocenters. The third-order valence-corrected chi connectivity index (χ3v) is 6.34. The fraction of sp³-hybridized carbons (Fsp3) is 0.207. The zero-order chi connectivity index (χ0) is 25.6. The summed E-state index contributed by atoms with van der Waals surface area (Å²) in [4.78, 5) is 25.0. The van der Waals surface area contributed by atoms with Crippen molar-refractivity contribution in [2.45, 2.75) is 13.5 Å². The first-order chi connectivity index (χ1) is 18.0. The average Bonchev–Trinajstić information content (AvgIpc) is 2.91. The number of amides is 1. The maximum Gasteiger partial charge on any atom is 0.227 e. The second kappa shape index (κ2) is 11.2. The molecule has 188 valence electrons. The van der Waals surface area contributed by atoms with E-state index < -0.39 is 0 Å². The smallest absolute Gasteiger partial charge is 0.227 e. The Labute approximate surface area is 216 Å². The Bertz CT molecular complexity index is 1330. The molecule has 0 aliphatic carbocycles. The quantitative estimate of drug-likeness (QED) is 0.361. The molecule has 0 unspecified atom stereocenters. The summed E-state index contributed by atoms with van der Waals surface area (Å²) in [5.41, 5.74) is 5.71. The van der Waals surface area contributed by atoms with Crippen molar-refractivity contribution in [3.63, 3.8) is 0 Å². The van der Waals surface area contributed by atoms with E-state index in [1.54, 1.807) is 6.20 Å². The molecule has 1 fully saturated rings. The average molecular weight is 497 g/mol. The first-order valence-corrected chi connectivity index (χ1v) is 12.3. The van der Waals surface area contributed by atoms with E-state index >= 15 is 0 Å². The van der Waals surface area contributed by atoms with E-state index in [4.69, 9.17) is 0 Å². The lowest BCUT2D eigenvalue weighted by Gasteiger charge is -2.36. The van der Waals surface area contributed by atoms with Crippen LogP contribution in [0.15, 0.2) is 85.1 Å². The van der Waals surface area contributed by atoms with Gasteiger partial charge in [0, 0.05) is 68.5 Å². The number of benzene rings is 3. The van der Waals surface area contributed by atoms with E-state index in [1.807, 2.05) is 54.6 Å². The summed E-state index contributed by atoms with van der Waals surface area (Å²) in [6, 6.07) is 24.5. The van der Waals surface area contributed by atoms with Crippen LogP contribution in [0.4, 0.5) is 27.4 Å². The van der Waals surface area contributed by atoms with Crippen LogP contribution in [-0.4, -0.2) is 47.0 Å². The molecule has 0 radical (unpaired) electrons. The molecular weight excluding hydrogens is 467 g/mol. The van der Waals surface area contributed by atoms with Gasteiger partial charge in [-0.2, -0.15) is 0 Å². The van der Waals surface area contributed by atoms with E-state index in [0.717, 1.165) is 60.9 Å². The van der Waals surface area contributed by atoms with Gasteiger partial charge in [-0.05, 0) is 60.2 Å². The lowest BCUT2D eigenvalue weighted by molar-refractivity contribution is -0.114. The van der Waals surface area contributed by atoms with Crippen molar-refractivity contribution >= 4 is 28.9 Å². The summed E-state index contributed by atoms with van der Waals surface area (Å²) in [5, 5.41) is 6.06. The normalized spacial score (nSPS) is 13.8. The predicted molar refractivity (Wildman–Crippen MR) is 145 cm³/mol. The zero-order valence-corrected chi connectivity index (χ0v) is 20.7. The Morgan fingerprint density at radius 2 is 1.54 bits per heavy atom. The Hall–Kier alpha value is -4.30. The summed E-state index contributed by atoms with van der Waals surface area (Å²) in [6.45, 7) is 6.14. The highest BCUT2D eigenvalue weighted by Crippen LogP contribution is 2.24. The van der Waals surface area contributed by atoms with Gasteiger partial charge in [-0.1, -0.05) is 24.3 Å². The standard InChI is InChI=1S/C29H29FN6O/c1-21(37)32-25-8-4-23(5-9-25)28-14-15-31-29(34-28)33-26-10-12-27(13-11-26)36-18-16-35(17-19-36)20-22-2-6-24(30)7-3-22/h2-15H,16-20H2,1H3,(H,32,37)(H,31,33,34). The van der Waals surface area contributed by atoms with E-state index in [1.165, 1.54) is 24.7 Å². The fourth-order valence-electron chi connectivity index (χ4n) is 4.40. The van der Waals surface area contributed by atoms with Crippen molar-refractivity contribution in [3.05, 3.63) is 96.4 Å². The minimum Gasteiger partial charge on any atom is -0.369 e. The number of nitrogens with zero attached hydrogens (tertiary/aromatic N) is 4. The van der Waals surface area contributed by atoms with Crippen LogP contribution in [0.5, 0.6) is 0 Å². The molecule has 3 aromatic carbocycles. The molecule has 1 aromatic heterocycles. The van der Waals surface area contributed by atoms with Gasteiger partial charge in [0.1, 0.15) is 5.82 Å². The molecule has 1 amide bonds. The number of aromatic nitrogens is 2. The maximum atomic E-state index is 13.1. The Balaban J connectivity index is 1.16. The highest BCUT2D eigenvalue weighted by molar-refractivity contribution is 5.88. The molecule has 4 aromatic rings. The molecule has 5 rings (SSSR count). The van der Waals surface area contributed by atoms with Crippen LogP contribution in [0.2, 0.25) is 0 Å². The highest BCUT2D eigenvalue weighted by Gasteiger charge is 2.17. The first kappa shape index (κ1) is 24.4. The molecule has 7 nitrogen and oxygen atoms in total. The van der Waals surface area contributed by atoms with Crippen LogP contribution in [0.25, 0.3) is 11.3 Å². The van der Waals surface area contributed by atoms with Gasteiger partial charge in [0.25, 0.3) is 0 Å². The summed E-state index contributed by atoms with van der Waals surface area (Å²) in [5.74, 6) is 0.224. The number of anilines is 4. The monoisotopic (exact) mass is 496 g/mol. The largest absolute Gasteiger partial charge is 0.369 e. The number of carbonyl (C=O) groups is 1. The molecule has 8 heteroatoms. The first-order valence-electron chi connectivity index (χ1n) is 12.3. The third kappa shape index (κ3) is 6.48. The van der Waals surface area contributed by atoms with Gasteiger partial charge in [-0.3, -0.25) is 9.69 Å². The van der Waals surface area contributed by atoms with E-state index in [-0.39, 0.29) is 11.7 Å². The van der Waals surface area contributed by atoms with E-state index in [0.29, 0.717) is 5.95 Å². The van der Waals surface area contributed by atoms with Gasteiger partial charge in [0.2, 0.25) is 11.9 Å². The van der Waals surface area contributed by atoms with Crippen molar-refractivity contribution in [2.75, 3.05) is 41.7 Å². The van der Waals surface area contributed by atoms with Crippen molar-refractivity contribution in [1.82, 2.24) is 14.9 Å². The molecule has 2 heterocycles. The highest BCUT2D eigenvalue weighted by atomic mass is 19.1. The van der Waals surface area contributed by atoms with Crippen molar-refractivity contribution < 1.29 is 9.18 Å². The summed E-state index contributed by atoms with van der Waals surface area (Å²) in [6.07, 6.45) is 1.73. The van der Waals surface area contributed by atoms with Crippen LogP contribution in [0.3, 0.4) is 0 Å². The molecule has 37 heavy (non-hydrogen) atoms. The second-order valence-corrected chi connectivity index (χ2v) is 9.09. The predicted octanol–water partition coefficient (Wildman–Crippen LogP) is 5.31. The SMILES string of the molecule is CC(=O)Nc1ccc(-c2ccnc(Nc3ccc(N4CCN(Cc5ccc(F)cc5)CC4)cc3)n2)cc1. The summed E-state index contributed by atoms with van der Waals surface area (Å²) in [7, 11) is 0. The number of halogens is 1. The Kier molecular flexibility index (Phi) is 7.37. The third-order valence-electron chi connectivity index (χ3n) is 6.34. The Morgan fingerprint density at radius 1 is 0.865 bits per heavy atom. The second-order valence-electron chi connectivity index (χ2n) is 9.09. The van der Waals surface area contributed by atoms with Gasteiger partial charge in [0.15, 0.2) is 0 Å². The number of hydrogen-bond donors (Lipinski definition) is 2. The molecule has 0 saturated carbocycles. The van der Waals surface area contributed by atoms with Crippen molar-refractivity contribution in [3.8, 4) is 11.3 Å².